The van der Waals surface area contributed by atoms with Crippen LogP contribution in [0.3, 0.4) is 0 Å². The Morgan fingerprint density at radius 3 is 2.51 bits per heavy atom. The summed E-state index contributed by atoms with van der Waals surface area (Å²) in [5.41, 5.74) is 4.07. The van der Waals surface area contributed by atoms with Crippen LogP contribution < -0.4 is 5.32 Å². The number of aryl methyl sites for hydroxylation is 1. The highest BCUT2D eigenvalue weighted by Crippen LogP contribution is 2.33. The van der Waals surface area contributed by atoms with Crippen molar-refractivity contribution in [1.29, 1.82) is 0 Å². The molecule has 1 atom stereocenters. The molecule has 0 aliphatic carbocycles. The molecule has 1 unspecified atom stereocenters. The van der Waals surface area contributed by atoms with Crippen molar-refractivity contribution in [3.05, 3.63) is 82.6 Å². The Morgan fingerprint density at radius 1 is 1.07 bits per heavy atom. The van der Waals surface area contributed by atoms with E-state index < -0.39 is 21.7 Å². The van der Waals surface area contributed by atoms with Crippen molar-refractivity contribution in [1.82, 2.24) is 14.6 Å². The summed E-state index contributed by atoms with van der Waals surface area (Å²) in [6, 6.07) is 14.6. The van der Waals surface area contributed by atoms with Crippen LogP contribution >= 0.6 is 11.6 Å². The van der Waals surface area contributed by atoms with Gasteiger partial charge in [-0.1, -0.05) is 35.9 Å². The summed E-state index contributed by atoms with van der Waals surface area (Å²) in [6.45, 7) is 12.7. The van der Waals surface area contributed by atoms with Gasteiger partial charge in [0.15, 0.2) is 0 Å². The number of pyridine rings is 1. The number of rotatable bonds is 13. The molecule has 7 nitrogen and oxygen atoms in total. The molecule has 0 fully saturated rings. The van der Waals surface area contributed by atoms with E-state index in [1.165, 1.54) is 0 Å². The van der Waals surface area contributed by atoms with Gasteiger partial charge in [0.05, 0.1) is 11.3 Å². The van der Waals surface area contributed by atoms with Crippen molar-refractivity contribution in [2.24, 2.45) is 0 Å². The summed E-state index contributed by atoms with van der Waals surface area (Å²) in [4.78, 5) is 16.3. The van der Waals surface area contributed by atoms with Crippen LogP contribution in [0.25, 0.3) is 11.1 Å². The molecule has 1 aromatic heterocycles. The average Bonchev–Trinajstić information content (AvgIpc) is 2.90. The van der Waals surface area contributed by atoms with Gasteiger partial charge < -0.3 is 10.1 Å². The molecule has 0 aliphatic heterocycles. The third kappa shape index (κ3) is 9.10. The average molecular weight is 600 g/mol. The van der Waals surface area contributed by atoms with Gasteiger partial charge in [-0.25, -0.2) is 8.42 Å². The van der Waals surface area contributed by atoms with E-state index in [0.717, 1.165) is 28.7 Å². The number of carbonyl (C=O) groups is 1. The van der Waals surface area contributed by atoms with Crippen LogP contribution in [0.5, 0.6) is 0 Å². The minimum atomic E-state index is -3.86. The zero-order valence-corrected chi connectivity index (χ0v) is 26.5. The maximum absolute atomic E-state index is 14.1. The van der Waals surface area contributed by atoms with E-state index in [4.69, 9.17) is 16.3 Å². The topological polar surface area (TPSA) is 88.6 Å². The second-order valence-corrected chi connectivity index (χ2v) is 13.5. The van der Waals surface area contributed by atoms with Crippen molar-refractivity contribution in [3.63, 3.8) is 0 Å². The number of nitrogens with zero attached hydrogens (tertiary/aromatic N) is 2. The van der Waals surface area contributed by atoms with Gasteiger partial charge in [-0.15, -0.1) is 0 Å². The van der Waals surface area contributed by atoms with Crippen molar-refractivity contribution in [2.45, 2.75) is 77.3 Å². The smallest absolute Gasteiger partial charge is 0.307 e. The summed E-state index contributed by atoms with van der Waals surface area (Å²) >= 11 is 6.33. The SMILES string of the molecule is Cc1cnccc1-c1cccc(C(C)N(CCCCNCCC(=O)OC(C)(C)C)S(=O)(=O)c2cccc(Cl)c2C)c1. The third-order valence-electron chi connectivity index (χ3n) is 6.84. The maximum atomic E-state index is 14.1. The minimum absolute atomic E-state index is 0.216. The van der Waals surface area contributed by atoms with E-state index in [1.807, 2.05) is 65.1 Å². The standard InChI is InChI=1S/C32H42ClN3O4S/c1-23-22-35-18-15-28(23)27-12-9-11-26(21-27)25(3)36(41(38,39)30-14-10-13-29(33)24(30)2)20-8-7-17-34-19-16-31(37)40-32(4,5)6/h9-15,18,21-22,25,34H,7-8,16-17,19-20H2,1-6H3. The number of sulfonamides is 1. The lowest BCUT2D eigenvalue weighted by atomic mass is 9.98. The van der Waals surface area contributed by atoms with Gasteiger partial charge in [0, 0.05) is 36.5 Å². The molecule has 0 saturated heterocycles. The fourth-order valence-electron chi connectivity index (χ4n) is 4.67. The number of aromatic nitrogens is 1. The third-order valence-corrected chi connectivity index (χ3v) is 9.37. The first-order valence-corrected chi connectivity index (χ1v) is 15.8. The largest absolute Gasteiger partial charge is 0.460 e. The lowest BCUT2D eigenvalue weighted by Crippen LogP contribution is -2.35. The normalized spacial score (nSPS) is 12.9. The molecule has 2 aromatic carbocycles. The van der Waals surface area contributed by atoms with E-state index >= 15 is 0 Å². The number of unbranched alkanes of at least 4 members (excludes halogenated alkanes) is 1. The van der Waals surface area contributed by atoms with Gasteiger partial charge in [-0.3, -0.25) is 9.78 Å². The Hall–Kier alpha value is -2.78. The molecule has 0 spiro atoms. The maximum Gasteiger partial charge on any atom is 0.307 e. The lowest BCUT2D eigenvalue weighted by Gasteiger charge is -2.30. The molecule has 222 valence electrons. The first-order valence-electron chi connectivity index (χ1n) is 14.0. The van der Waals surface area contributed by atoms with Crippen molar-refractivity contribution >= 4 is 27.6 Å². The zero-order valence-electron chi connectivity index (χ0n) is 24.9. The number of ether oxygens (including phenoxy) is 1. The van der Waals surface area contributed by atoms with Crippen LogP contribution in [0.15, 0.2) is 65.8 Å². The van der Waals surface area contributed by atoms with Gasteiger partial charge in [-0.05, 0) is 113 Å². The second-order valence-electron chi connectivity index (χ2n) is 11.3. The predicted octanol–water partition coefficient (Wildman–Crippen LogP) is 6.87. The highest BCUT2D eigenvalue weighted by molar-refractivity contribution is 7.89. The predicted molar refractivity (Wildman–Crippen MR) is 165 cm³/mol. The Bertz CT molecular complexity index is 1440. The van der Waals surface area contributed by atoms with Crippen LogP contribution in [0.4, 0.5) is 0 Å². The summed E-state index contributed by atoms with van der Waals surface area (Å²) in [5, 5.41) is 3.68. The number of esters is 1. The first kappa shape index (κ1) is 32.7. The summed E-state index contributed by atoms with van der Waals surface area (Å²) < 4.78 is 35.1. The van der Waals surface area contributed by atoms with Gasteiger partial charge >= 0.3 is 5.97 Å². The molecular formula is C32H42ClN3O4S. The molecule has 0 saturated carbocycles. The van der Waals surface area contributed by atoms with Crippen LogP contribution in [0.2, 0.25) is 5.02 Å². The summed E-state index contributed by atoms with van der Waals surface area (Å²) in [5.74, 6) is -0.239. The number of halogens is 1. The van der Waals surface area contributed by atoms with Crippen LogP contribution in [-0.2, 0) is 19.6 Å². The number of hydrogen-bond donors (Lipinski definition) is 1. The highest BCUT2D eigenvalue weighted by atomic mass is 35.5. The number of nitrogens with one attached hydrogen (secondary N) is 1. The molecule has 0 bridgehead atoms. The van der Waals surface area contributed by atoms with Crippen molar-refractivity contribution in [3.8, 4) is 11.1 Å². The van der Waals surface area contributed by atoms with E-state index in [-0.39, 0.29) is 17.3 Å². The second kappa shape index (κ2) is 14.4. The molecule has 41 heavy (non-hydrogen) atoms. The lowest BCUT2D eigenvalue weighted by molar-refractivity contribution is -0.154. The molecule has 3 rings (SSSR count). The Morgan fingerprint density at radius 2 is 1.80 bits per heavy atom. The molecular weight excluding hydrogens is 558 g/mol. The van der Waals surface area contributed by atoms with Crippen molar-refractivity contribution < 1.29 is 17.9 Å². The fraction of sp³-hybridized carbons (Fsp3) is 0.438. The minimum Gasteiger partial charge on any atom is -0.460 e. The monoisotopic (exact) mass is 599 g/mol. The molecule has 1 heterocycles. The zero-order chi connectivity index (χ0) is 30.2. The number of hydrogen-bond acceptors (Lipinski definition) is 6. The first-order chi connectivity index (χ1) is 19.3. The number of carbonyl (C=O) groups excluding carboxylic acids is 1. The Kier molecular flexibility index (Phi) is 11.5. The van der Waals surface area contributed by atoms with E-state index in [0.29, 0.717) is 36.6 Å². The molecule has 0 amide bonds. The molecule has 0 radical (unpaired) electrons. The molecule has 9 heteroatoms. The van der Waals surface area contributed by atoms with Crippen molar-refractivity contribution in [2.75, 3.05) is 19.6 Å². The highest BCUT2D eigenvalue weighted by Gasteiger charge is 2.31. The van der Waals surface area contributed by atoms with Gasteiger partial charge in [0.2, 0.25) is 10.0 Å². The van der Waals surface area contributed by atoms with E-state index in [1.54, 1.807) is 35.6 Å². The van der Waals surface area contributed by atoms with E-state index in [9.17, 15) is 13.2 Å². The summed E-state index contributed by atoms with van der Waals surface area (Å²) in [7, 11) is -3.86. The van der Waals surface area contributed by atoms with Gasteiger partial charge in [0.1, 0.15) is 5.60 Å². The van der Waals surface area contributed by atoms with Gasteiger partial charge in [0.25, 0.3) is 0 Å². The van der Waals surface area contributed by atoms with Crippen LogP contribution in [0, 0.1) is 13.8 Å². The van der Waals surface area contributed by atoms with Gasteiger partial charge in [-0.2, -0.15) is 4.31 Å². The van der Waals surface area contributed by atoms with E-state index in [2.05, 4.69) is 16.4 Å². The quantitative estimate of drug-likeness (QED) is 0.170. The Labute approximate surface area is 250 Å². The Balaban J connectivity index is 1.77. The summed E-state index contributed by atoms with van der Waals surface area (Å²) in [6.07, 6.45) is 5.27. The van der Waals surface area contributed by atoms with Crippen LogP contribution in [-0.4, -0.2) is 48.9 Å². The molecule has 3 aromatic rings. The molecule has 0 aliphatic rings. The molecule has 1 N–H and O–H groups in total. The number of benzene rings is 2. The van der Waals surface area contributed by atoms with Crippen LogP contribution in [0.1, 0.15) is 69.7 Å². The fourth-order valence-corrected chi connectivity index (χ4v) is 6.81.